The molecule has 6 rings (SSSR count). The zero-order valence-corrected chi connectivity index (χ0v) is 24.9. The van der Waals surface area contributed by atoms with Crippen LogP contribution >= 0.6 is 35.0 Å². The summed E-state index contributed by atoms with van der Waals surface area (Å²) in [6.07, 6.45) is 1.92. The topological polar surface area (TPSA) is 55.6 Å². The van der Waals surface area contributed by atoms with Crippen LogP contribution in [-0.2, 0) is 4.79 Å². The van der Waals surface area contributed by atoms with Crippen molar-refractivity contribution in [2.75, 3.05) is 6.61 Å². The van der Waals surface area contributed by atoms with Gasteiger partial charge >= 0.3 is 0 Å². The van der Waals surface area contributed by atoms with Crippen LogP contribution in [0.2, 0.25) is 10.0 Å². The number of hydrogen-bond donors (Lipinski definition) is 1. The molecule has 0 radical (unpaired) electrons. The van der Waals surface area contributed by atoms with E-state index in [4.69, 9.17) is 27.9 Å². The highest BCUT2D eigenvalue weighted by molar-refractivity contribution is 8.18. The summed E-state index contributed by atoms with van der Waals surface area (Å²) in [6.45, 7) is 2.57. The number of amides is 1. The molecule has 0 unspecified atom stereocenters. The molecule has 0 saturated carbocycles. The Morgan fingerprint density at radius 1 is 0.881 bits per heavy atom. The zero-order chi connectivity index (χ0) is 29.1. The summed E-state index contributed by atoms with van der Waals surface area (Å²) >= 11 is 13.8. The van der Waals surface area contributed by atoms with E-state index >= 15 is 0 Å². The van der Waals surface area contributed by atoms with Crippen LogP contribution in [0.5, 0.6) is 5.75 Å². The Balaban J connectivity index is 1.51. The Kier molecular flexibility index (Phi) is 8.20. The van der Waals surface area contributed by atoms with Crippen LogP contribution in [0, 0.1) is 0 Å². The van der Waals surface area contributed by atoms with Crippen LogP contribution in [0.4, 0.5) is 5.69 Å². The zero-order valence-electron chi connectivity index (χ0n) is 22.6. The summed E-state index contributed by atoms with van der Waals surface area (Å²) in [4.78, 5) is 18.2. The fraction of sp³-hybridized carbons (Fsp3) is 0.0588. The van der Waals surface area contributed by atoms with Crippen molar-refractivity contribution in [2.24, 2.45) is 4.99 Å². The summed E-state index contributed by atoms with van der Waals surface area (Å²) in [5.74, 6) is 0.579. The maximum absolute atomic E-state index is 13.1. The molecular formula is C34H25Cl2N3O2S. The SMILES string of the molecule is CCOc1ccc(-n2c(-c3ccccc3)cc(/C=C3/SC(=Nc4cccc(Cl)c4Cl)NC3=O)c2-c2ccccc2)cc1. The highest BCUT2D eigenvalue weighted by atomic mass is 35.5. The number of halogens is 2. The first-order valence-corrected chi connectivity index (χ1v) is 14.9. The summed E-state index contributed by atoms with van der Waals surface area (Å²) in [5, 5.41) is 4.04. The number of rotatable bonds is 7. The quantitative estimate of drug-likeness (QED) is 0.187. The molecule has 0 bridgehead atoms. The first-order valence-electron chi connectivity index (χ1n) is 13.3. The van der Waals surface area contributed by atoms with E-state index in [1.54, 1.807) is 18.2 Å². The lowest BCUT2D eigenvalue weighted by Gasteiger charge is -2.16. The lowest BCUT2D eigenvalue weighted by atomic mass is 10.1. The van der Waals surface area contributed by atoms with Gasteiger partial charge in [0.2, 0.25) is 0 Å². The monoisotopic (exact) mass is 609 g/mol. The number of aromatic nitrogens is 1. The van der Waals surface area contributed by atoms with E-state index < -0.39 is 0 Å². The van der Waals surface area contributed by atoms with Crippen molar-refractivity contribution >= 4 is 57.8 Å². The minimum absolute atomic E-state index is 0.231. The van der Waals surface area contributed by atoms with Crippen LogP contribution < -0.4 is 10.1 Å². The molecular weight excluding hydrogens is 585 g/mol. The maximum Gasteiger partial charge on any atom is 0.264 e. The number of nitrogens with one attached hydrogen (secondary N) is 1. The van der Waals surface area contributed by atoms with Gasteiger partial charge in [-0.05, 0) is 78.4 Å². The molecule has 1 fully saturated rings. The average molecular weight is 611 g/mol. The summed E-state index contributed by atoms with van der Waals surface area (Å²) in [7, 11) is 0. The van der Waals surface area contributed by atoms with E-state index in [9.17, 15) is 4.79 Å². The molecule has 1 amide bonds. The van der Waals surface area contributed by atoms with Crippen molar-refractivity contribution in [3.8, 4) is 34.0 Å². The Hall–Kier alpha value is -4.23. The molecule has 5 nitrogen and oxygen atoms in total. The van der Waals surface area contributed by atoms with Crippen molar-refractivity contribution in [1.29, 1.82) is 0 Å². The second-order valence-corrected chi connectivity index (χ2v) is 11.2. The van der Waals surface area contributed by atoms with E-state index in [1.165, 1.54) is 11.8 Å². The van der Waals surface area contributed by atoms with Gasteiger partial charge < -0.3 is 14.6 Å². The number of benzene rings is 4. The molecule has 0 atom stereocenters. The van der Waals surface area contributed by atoms with Gasteiger partial charge in [-0.3, -0.25) is 4.79 Å². The molecule has 0 spiro atoms. The van der Waals surface area contributed by atoms with Crippen molar-refractivity contribution in [3.63, 3.8) is 0 Å². The third kappa shape index (κ3) is 5.74. The largest absolute Gasteiger partial charge is 0.494 e. The predicted octanol–water partition coefficient (Wildman–Crippen LogP) is 9.41. The summed E-state index contributed by atoms with van der Waals surface area (Å²) in [5.41, 5.74) is 6.39. The van der Waals surface area contributed by atoms with Gasteiger partial charge in [0.25, 0.3) is 5.91 Å². The van der Waals surface area contributed by atoms with Gasteiger partial charge in [-0.25, -0.2) is 4.99 Å². The number of carbonyl (C=O) groups excluding carboxylic acids is 1. The number of thioether (sulfide) groups is 1. The molecule has 4 aromatic carbocycles. The molecule has 1 saturated heterocycles. The number of amidine groups is 1. The third-order valence-electron chi connectivity index (χ3n) is 6.64. The van der Waals surface area contributed by atoms with Crippen molar-refractivity contribution in [2.45, 2.75) is 6.92 Å². The highest BCUT2D eigenvalue weighted by Crippen LogP contribution is 2.40. The van der Waals surface area contributed by atoms with Crippen LogP contribution in [0.15, 0.2) is 119 Å². The number of carbonyl (C=O) groups is 1. The van der Waals surface area contributed by atoms with E-state index in [0.717, 1.165) is 39.5 Å². The van der Waals surface area contributed by atoms with Gasteiger partial charge in [0.15, 0.2) is 5.17 Å². The Morgan fingerprint density at radius 2 is 1.57 bits per heavy atom. The van der Waals surface area contributed by atoms with Gasteiger partial charge in [-0.15, -0.1) is 0 Å². The lowest BCUT2D eigenvalue weighted by molar-refractivity contribution is -0.115. The number of nitrogens with zero attached hydrogens (tertiary/aromatic N) is 2. The van der Waals surface area contributed by atoms with Crippen molar-refractivity contribution in [3.05, 3.63) is 130 Å². The van der Waals surface area contributed by atoms with Gasteiger partial charge in [-0.2, -0.15) is 0 Å². The van der Waals surface area contributed by atoms with Crippen LogP contribution in [0.3, 0.4) is 0 Å². The first-order chi connectivity index (χ1) is 20.5. The van der Waals surface area contributed by atoms with E-state index in [2.05, 4.69) is 57.3 Å². The van der Waals surface area contributed by atoms with E-state index in [1.807, 2.05) is 61.5 Å². The third-order valence-corrected chi connectivity index (χ3v) is 8.36. The summed E-state index contributed by atoms with van der Waals surface area (Å²) in [6, 6.07) is 35.8. The normalized spacial score (nSPS) is 14.9. The van der Waals surface area contributed by atoms with Gasteiger partial charge in [0.1, 0.15) is 5.75 Å². The second kappa shape index (κ2) is 12.3. The Bertz CT molecular complexity index is 1820. The molecule has 208 valence electrons. The molecule has 42 heavy (non-hydrogen) atoms. The molecule has 1 N–H and O–H groups in total. The molecule has 1 aliphatic heterocycles. The Morgan fingerprint density at radius 3 is 2.26 bits per heavy atom. The lowest BCUT2D eigenvalue weighted by Crippen LogP contribution is -2.19. The van der Waals surface area contributed by atoms with Gasteiger partial charge in [0, 0.05) is 11.3 Å². The highest BCUT2D eigenvalue weighted by Gasteiger charge is 2.26. The standard InChI is InChI=1S/C34H25Cl2N3O2S/c1-2-41-26-18-16-25(17-19-26)39-29(22-10-5-3-6-11-22)20-24(32(39)23-12-7-4-8-13-23)21-30-33(40)38-34(42-30)37-28-15-9-14-27(35)31(28)36/h3-21H,2H2,1H3,(H,37,38,40)/b30-21+. The summed E-state index contributed by atoms with van der Waals surface area (Å²) < 4.78 is 7.93. The second-order valence-electron chi connectivity index (χ2n) is 9.38. The first kappa shape index (κ1) is 27.9. The predicted molar refractivity (Wildman–Crippen MR) is 175 cm³/mol. The molecule has 1 aliphatic rings. The number of hydrogen-bond acceptors (Lipinski definition) is 4. The minimum atomic E-state index is -0.231. The van der Waals surface area contributed by atoms with Crippen LogP contribution in [0.1, 0.15) is 12.5 Å². The van der Waals surface area contributed by atoms with Gasteiger partial charge in [0.05, 0.1) is 38.6 Å². The Labute approximate surface area is 258 Å². The smallest absolute Gasteiger partial charge is 0.264 e. The fourth-order valence-electron chi connectivity index (χ4n) is 4.79. The fourth-order valence-corrected chi connectivity index (χ4v) is 5.95. The number of ether oxygens (including phenoxy) is 1. The van der Waals surface area contributed by atoms with Crippen LogP contribution in [-0.4, -0.2) is 22.2 Å². The molecule has 0 aliphatic carbocycles. The molecule has 2 heterocycles. The number of aliphatic imine (C=N–C) groups is 1. The van der Waals surface area contributed by atoms with Crippen LogP contribution in [0.25, 0.3) is 34.3 Å². The van der Waals surface area contributed by atoms with E-state index in [-0.39, 0.29) is 5.91 Å². The molecule has 5 aromatic rings. The van der Waals surface area contributed by atoms with Crippen molar-refractivity contribution < 1.29 is 9.53 Å². The minimum Gasteiger partial charge on any atom is -0.494 e. The van der Waals surface area contributed by atoms with Crippen molar-refractivity contribution in [1.82, 2.24) is 9.88 Å². The maximum atomic E-state index is 13.1. The molecule has 1 aromatic heterocycles. The average Bonchev–Trinajstić information content (AvgIpc) is 3.56. The molecule has 8 heteroatoms. The van der Waals surface area contributed by atoms with Gasteiger partial charge in [-0.1, -0.05) is 89.9 Å². The van der Waals surface area contributed by atoms with E-state index in [0.29, 0.717) is 32.4 Å².